The number of aliphatic carboxylic acids is 1. The van der Waals surface area contributed by atoms with Crippen LogP contribution in [0.25, 0.3) is 0 Å². The Kier molecular flexibility index (Phi) is 9.08. The highest BCUT2D eigenvalue weighted by Gasteiger charge is 2.39. The Labute approximate surface area is 181 Å². The molecule has 0 aliphatic carbocycles. The molecule has 0 radical (unpaired) electrons. The van der Waals surface area contributed by atoms with E-state index in [9.17, 15) is 19.5 Å². The van der Waals surface area contributed by atoms with Crippen molar-refractivity contribution in [2.75, 3.05) is 20.6 Å². The molecule has 30 heavy (non-hydrogen) atoms. The SMILES string of the molecule is C/C(=C\[C@H](C(C)C)N(C)C(=O)C(NC(=O)[C@@H]1CC(C)CCN1C)C(C)(C)C)C(=O)O. The van der Waals surface area contributed by atoms with Crippen LogP contribution in [0, 0.1) is 17.3 Å². The molecule has 7 nitrogen and oxygen atoms in total. The monoisotopic (exact) mass is 423 g/mol. The predicted octanol–water partition coefficient (Wildman–Crippen LogP) is 2.76. The maximum absolute atomic E-state index is 13.5. The van der Waals surface area contributed by atoms with E-state index < -0.39 is 17.4 Å². The number of nitrogens with zero attached hydrogens (tertiary/aromatic N) is 2. The number of likely N-dealkylation sites (tertiary alicyclic amines) is 1. The zero-order chi connectivity index (χ0) is 23.4. The second-order valence-corrected chi connectivity index (χ2v) is 10.3. The number of nitrogens with one attached hydrogen (secondary N) is 1. The third-order valence-electron chi connectivity index (χ3n) is 6.07. The summed E-state index contributed by atoms with van der Waals surface area (Å²) in [5, 5.41) is 12.3. The molecule has 172 valence electrons. The van der Waals surface area contributed by atoms with Crippen LogP contribution in [0.1, 0.15) is 61.3 Å². The van der Waals surface area contributed by atoms with Gasteiger partial charge in [-0.05, 0) is 50.6 Å². The van der Waals surface area contributed by atoms with Gasteiger partial charge in [-0.15, -0.1) is 0 Å². The van der Waals surface area contributed by atoms with Gasteiger partial charge in [-0.1, -0.05) is 47.6 Å². The quantitative estimate of drug-likeness (QED) is 0.615. The third kappa shape index (κ3) is 6.83. The molecule has 2 unspecified atom stereocenters. The number of carbonyl (C=O) groups excluding carboxylic acids is 2. The summed E-state index contributed by atoms with van der Waals surface area (Å²) in [4.78, 5) is 41.5. The second kappa shape index (κ2) is 10.4. The van der Waals surface area contributed by atoms with Crippen molar-refractivity contribution >= 4 is 17.8 Å². The molecular weight excluding hydrogens is 382 g/mol. The highest BCUT2D eigenvalue weighted by molar-refractivity contribution is 5.91. The van der Waals surface area contributed by atoms with Gasteiger partial charge in [-0.3, -0.25) is 14.5 Å². The molecule has 0 spiro atoms. The van der Waals surface area contributed by atoms with Gasteiger partial charge < -0.3 is 15.3 Å². The number of amides is 2. The molecule has 2 amide bonds. The molecule has 0 saturated carbocycles. The van der Waals surface area contributed by atoms with Gasteiger partial charge in [0.05, 0.1) is 12.1 Å². The van der Waals surface area contributed by atoms with Gasteiger partial charge in [0.2, 0.25) is 11.8 Å². The summed E-state index contributed by atoms with van der Waals surface area (Å²) in [6, 6.07) is -1.33. The summed E-state index contributed by atoms with van der Waals surface area (Å²) in [5.74, 6) is -0.844. The van der Waals surface area contributed by atoms with Crippen LogP contribution in [-0.4, -0.2) is 71.5 Å². The minimum atomic E-state index is -1.00. The van der Waals surface area contributed by atoms with E-state index in [1.807, 2.05) is 41.7 Å². The van der Waals surface area contributed by atoms with Gasteiger partial charge in [-0.25, -0.2) is 4.79 Å². The van der Waals surface area contributed by atoms with Crippen molar-refractivity contribution in [1.82, 2.24) is 15.1 Å². The third-order valence-corrected chi connectivity index (χ3v) is 6.07. The first-order valence-corrected chi connectivity index (χ1v) is 10.9. The molecule has 0 aromatic carbocycles. The molecule has 2 N–H and O–H groups in total. The summed E-state index contributed by atoms with van der Waals surface area (Å²) in [6.07, 6.45) is 3.46. The maximum Gasteiger partial charge on any atom is 0.331 e. The van der Waals surface area contributed by atoms with Gasteiger partial charge in [-0.2, -0.15) is 0 Å². The first-order valence-electron chi connectivity index (χ1n) is 10.9. The number of carboxylic acids is 1. The zero-order valence-electron chi connectivity index (χ0n) is 20.2. The van der Waals surface area contributed by atoms with Crippen LogP contribution in [0.15, 0.2) is 11.6 Å². The van der Waals surface area contributed by atoms with E-state index in [-0.39, 0.29) is 35.4 Å². The van der Waals surface area contributed by atoms with Crippen LogP contribution < -0.4 is 5.32 Å². The average Bonchev–Trinajstić information content (AvgIpc) is 2.63. The molecule has 0 aromatic heterocycles. The van der Waals surface area contributed by atoms with E-state index in [2.05, 4.69) is 17.1 Å². The molecule has 1 rings (SSSR count). The summed E-state index contributed by atoms with van der Waals surface area (Å²) in [6.45, 7) is 14.2. The van der Waals surface area contributed by atoms with Crippen LogP contribution in [0.5, 0.6) is 0 Å². The lowest BCUT2D eigenvalue weighted by atomic mass is 9.84. The Bertz CT molecular complexity index is 666. The number of carboxylic acid groups (broad SMARTS) is 1. The number of hydrogen-bond acceptors (Lipinski definition) is 4. The van der Waals surface area contributed by atoms with Crippen LogP contribution in [0.4, 0.5) is 0 Å². The van der Waals surface area contributed by atoms with E-state index in [0.717, 1.165) is 19.4 Å². The number of rotatable bonds is 7. The van der Waals surface area contributed by atoms with E-state index in [1.54, 1.807) is 18.0 Å². The highest BCUT2D eigenvalue weighted by Crippen LogP contribution is 2.26. The molecule has 0 bridgehead atoms. The minimum Gasteiger partial charge on any atom is -0.478 e. The first kappa shape index (κ1) is 26.1. The van der Waals surface area contributed by atoms with Crippen molar-refractivity contribution in [1.29, 1.82) is 0 Å². The number of carbonyl (C=O) groups is 3. The molecule has 4 atom stereocenters. The van der Waals surface area contributed by atoms with Crippen molar-refractivity contribution in [3.63, 3.8) is 0 Å². The van der Waals surface area contributed by atoms with Gasteiger partial charge in [0.15, 0.2) is 0 Å². The summed E-state index contributed by atoms with van der Waals surface area (Å²) >= 11 is 0. The smallest absolute Gasteiger partial charge is 0.331 e. The Morgan fingerprint density at radius 2 is 1.80 bits per heavy atom. The predicted molar refractivity (Wildman–Crippen MR) is 119 cm³/mol. The summed E-state index contributed by atoms with van der Waals surface area (Å²) < 4.78 is 0. The summed E-state index contributed by atoms with van der Waals surface area (Å²) in [7, 11) is 3.63. The number of piperidine rings is 1. The van der Waals surface area contributed by atoms with Crippen LogP contribution in [0.2, 0.25) is 0 Å². The normalized spacial score (nSPS) is 23.1. The highest BCUT2D eigenvalue weighted by atomic mass is 16.4. The molecule has 1 saturated heterocycles. The average molecular weight is 424 g/mol. The fraction of sp³-hybridized carbons (Fsp3) is 0.783. The maximum atomic E-state index is 13.5. The van der Waals surface area contributed by atoms with Gasteiger partial charge >= 0.3 is 5.97 Å². The Hall–Kier alpha value is -1.89. The lowest BCUT2D eigenvalue weighted by Gasteiger charge is -2.40. The van der Waals surface area contributed by atoms with E-state index in [4.69, 9.17) is 0 Å². The minimum absolute atomic E-state index is 0.0231. The topological polar surface area (TPSA) is 90.0 Å². The van der Waals surface area contributed by atoms with E-state index in [0.29, 0.717) is 5.92 Å². The van der Waals surface area contributed by atoms with Crippen molar-refractivity contribution in [2.45, 2.75) is 79.4 Å². The fourth-order valence-electron chi connectivity index (χ4n) is 3.88. The number of hydrogen-bond donors (Lipinski definition) is 2. The molecule has 1 aliphatic rings. The van der Waals surface area contributed by atoms with E-state index in [1.165, 1.54) is 6.92 Å². The molecule has 1 heterocycles. The molecule has 1 aliphatic heterocycles. The van der Waals surface area contributed by atoms with Gasteiger partial charge in [0.25, 0.3) is 0 Å². The lowest BCUT2D eigenvalue weighted by molar-refractivity contribution is -0.141. The number of likely N-dealkylation sites (N-methyl/N-ethyl adjacent to an activating group) is 2. The Balaban J connectivity index is 3.12. The molecule has 1 fully saturated rings. The van der Waals surface area contributed by atoms with E-state index >= 15 is 0 Å². The second-order valence-electron chi connectivity index (χ2n) is 10.3. The Morgan fingerprint density at radius 3 is 2.27 bits per heavy atom. The first-order chi connectivity index (χ1) is 13.7. The largest absolute Gasteiger partial charge is 0.478 e. The van der Waals surface area contributed by atoms with Crippen molar-refractivity contribution in [3.05, 3.63) is 11.6 Å². The van der Waals surface area contributed by atoms with Crippen LogP contribution >= 0.6 is 0 Å². The molecule has 7 heteroatoms. The van der Waals surface area contributed by atoms with Crippen LogP contribution in [-0.2, 0) is 14.4 Å². The van der Waals surface area contributed by atoms with Crippen LogP contribution in [0.3, 0.4) is 0 Å². The summed E-state index contributed by atoms with van der Waals surface area (Å²) in [5.41, 5.74) is -0.296. The molecule has 0 aromatic rings. The Morgan fingerprint density at radius 1 is 1.23 bits per heavy atom. The fourth-order valence-corrected chi connectivity index (χ4v) is 3.88. The van der Waals surface area contributed by atoms with Gasteiger partial charge in [0, 0.05) is 12.6 Å². The van der Waals surface area contributed by atoms with Crippen molar-refractivity contribution < 1.29 is 19.5 Å². The van der Waals surface area contributed by atoms with Crippen molar-refractivity contribution in [2.24, 2.45) is 17.3 Å². The zero-order valence-corrected chi connectivity index (χ0v) is 20.2. The lowest BCUT2D eigenvalue weighted by Crippen LogP contribution is -2.60. The van der Waals surface area contributed by atoms with Gasteiger partial charge in [0.1, 0.15) is 6.04 Å². The molecular formula is C23H41N3O4. The van der Waals surface area contributed by atoms with Crippen molar-refractivity contribution in [3.8, 4) is 0 Å². The standard InChI is InChI=1S/C23H41N3O4/c1-14(2)17(13-16(4)22(29)30)26(9)21(28)19(23(5,6)7)24-20(27)18-12-15(3)10-11-25(18)8/h13-15,17-19H,10-12H2,1-9H3,(H,24,27)(H,29,30)/b16-13+/t15?,17-,18+,19?/m1/s1.